The molecule has 1 atom stereocenters. The van der Waals surface area contributed by atoms with Gasteiger partial charge in [0.05, 0.1) is 32.4 Å². The number of esters is 1. The molecule has 2 aromatic carbocycles. The summed E-state index contributed by atoms with van der Waals surface area (Å²) in [5.74, 6) is -0.364. The molecule has 0 aromatic heterocycles. The molecule has 0 unspecified atom stereocenters. The Hall–Kier alpha value is -2.26. The lowest BCUT2D eigenvalue weighted by Gasteiger charge is -2.26. The third-order valence-corrected chi connectivity index (χ3v) is 5.74. The number of morpholine rings is 1. The van der Waals surface area contributed by atoms with Crippen LogP contribution in [0, 0.1) is 0 Å². The number of benzene rings is 2. The van der Waals surface area contributed by atoms with Crippen LogP contribution in [-0.4, -0.2) is 62.8 Å². The summed E-state index contributed by atoms with van der Waals surface area (Å²) in [6.45, 7) is 6.00. The fourth-order valence-corrected chi connectivity index (χ4v) is 4.01. The van der Waals surface area contributed by atoms with Crippen molar-refractivity contribution in [3.8, 4) is 0 Å². The van der Waals surface area contributed by atoms with E-state index in [-0.39, 0.29) is 24.5 Å². The summed E-state index contributed by atoms with van der Waals surface area (Å²) < 4.78 is 11.3. The number of hydrogen-bond acceptors (Lipinski definition) is 6. The smallest absolute Gasteiger partial charge is 0.319 e. The molecule has 0 bridgehead atoms. The van der Waals surface area contributed by atoms with Crippen molar-refractivity contribution >= 4 is 33.5 Å². The molecule has 0 saturated carbocycles. The van der Waals surface area contributed by atoms with Crippen molar-refractivity contribution in [2.75, 3.05) is 51.3 Å². The topological polar surface area (TPSA) is 79.9 Å². The molecule has 32 heavy (non-hydrogen) atoms. The predicted molar refractivity (Wildman–Crippen MR) is 128 cm³/mol. The van der Waals surface area contributed by atoms with E-state index in [0.717, 1.165) is 28.7 Å². The first-order chi connectivity index (χ1) is 15.6. The molecular weight excluding hydrogens is 474 g/mol. The maximum atomic E-state index is 12.7. The Morgan fingerprint density at radius 2 is 1.91 bits per heavy atom. The number of halogens is 1. The Morgan fingerprint density at radius 3 is 2.62 bits per heavy atom. The van der Waals surface area contributed by atoms with Gasteiger partial charge in [0.25, 0.3) is 0 Å². The Morgan fingerprint density at radius 1 is 1.16 bits per heavy atom. The summed E-state index contributed by atoms with van der Waals surface area (Å²) in [6.07, 6.45) is 0.405. The lowest BCUT2D eigenvalue weighted by atomic mass is 9.97. The number of ether oxygens (including phenoxy) is 2. The zero-order valence-corrected chi connectivity index (χ0v) is 19.9. The second kappa shape index (κ2) is 12.7. The molecule has 1 amide bonds. The van der Waals surface area contributed by atoms with Gasteiger partial charge >= 0.3 is 5.97 Å². The lowest BCUT2D eigenvalue weighted by molar-refractivity contribution is -0.142. The first-order valence-corrected chi connectivity index (χ1v) is 11.7. The van der Waals surface area contributed by atoms with Crippen molar-refractivity contribution in [2.45, 2.75) is 19.4 Å². The van der Waals surface area contributed by atoms with Crippen molar-refractivity contribution in [1.82, 2.24) is 10.2 Å². The largest absolute Gasteiger partial charge is 0.465 e. The molecule has 2 aromatic rings. The van der Waals surface area contributed by atoms with E-state index in [1.54, 1.807) is 6.92 Å². The number of amides is 1. The zero-order chi connectivity index (χ0) is 22.8. The van der Waals surface area contributed by atoms with Gasteiger partial charge in [-0.15, -0.1) is 0 Å². The Kier molecular flexibility index (Phi) is 9.67. The van der Waals surface area contributed by atoms with Gasteiger partial charge in [0.2, 0.25) is 5.91 Å². The molecule has 8 heteroatoms. The number of carbonyl (C=O) groups excluding carboxylic acids is 2. The maximum absolute atomic E-state index is 12.7. The highest BCUT2D eigenvalue weighted by atomic mass is 79.9. The monoisotopic (exact) mass is 503 g/mol. The molecule has 0 radical (unpaired) electrons. The minimum absolute atomic E-state index is 0.0442. The van der Waals surface area contributed by atoms with Gasteiger partial charge in [0, 0.05) is 36.2 Å². The van der Waals surface area contributed by atoms with Gasteiger partial charge in [-0.05, 0) is 36.2 Å². The summed E-state index contributed by atoms with van der Waals surface area (Å²) in [5, 5.41) is 6.36. The average molecular weight is 504 g/mol. The minimum atomic E-state index is -0.320. The Balaban J connectivity index is 1.77. The van der Waals surface area contributed by atoms with Gasteiger partial charge < -0.3 is 14.8 Å². The lowest BCUT2D eigenvalue weighted by Crippen LogP contribution is -2.38. The van der Waals surface area contributed by atoms with Crippen LogP contribution >= 0.6 is 15.9 Å². The number of nitrogens with one attached hydrogen (secondary N) is 2. The molecule has 1 fully saturated rings. The molecule has 1 saturated heterocycles. The second-order valence-corrected chi connectivity index (χ2v) is 8.43. The first kappa shape index (κ1) is 24.4. The number of nitrogens with zero attached hydrogens (tertiary/aromatic N) is 1. The van der Waals surface area contributed by atoms with E-state index in [0.29, 0.717) is 38.5 Å². The van der Waals surface area contributed by atoms with E-state index < -0.39 is 0 Å². The van der Waals surface area contributed by atoms with Crippen molar-refractivity contribution in [3.05, 3.63) is 64.1 Å². The molecule has 172 valence electrons. The van der Waals surface area contributed by atoms with Gasteiger partial charge in [0.15, 0.2) is 0 Å². The van der Waals surface area contributed by atoms with Crippen LogP contribution in [-0.2, 0) is 19.1 Å². The highest BCUT2D eigenvalue weighted by Crippen LogP contribution is 2.31. The standard InChI is InChI=1S/C24H30BrN3O4/c1-2-32-23(30)17-26-24(18-6-4-3-5-7-18)20-16-19(25)8-9-21(20)27-22(29)10-11-28-12-14-31-15-13-28/h3-9,16,24,26H,2,10-15,17H2,1H3,(H,27,29)/t24-/m0/s1. The SMILES string of the molecule is CCOC(=O)CN[C@@H](c1ccccc1)c1cc(Br)ccc1NC(=O)CCN1CCOCC1. The average Bonchev–Trinajstić information content (AvgIpc) is 2.81. The molecule has 7 nitrogen and oxygen atoms in total. The van der Waals surface area contributed by atoms with Gasteiger partial charge in [-0.1, -0.05) is 46.3 Å². The van der Waals surface area contributed by atoms with Crippen LogP contribution in [0.4, 0.5) is 5.69 Å². The number of rotatable bonds is 10. The fraction of sp³-hybridized carbons (Fsp3) is 0.417. The van der Waals surface area contributed by atoms with Crippen molar-refractivity contribution in [1.29, 1.82) is 0 Å². The number of hydrogen-bond donors (Lipinski definition) is 2. The molecule has 1 aliphatic rings. The van der Waals surface area contributed by atoms with Crippen LogP contribution in [0.15, 0.2) is 53.0 Å². The van der Waals surface area contributed by atoms with Crippen molar-refractivity contribution in [2.24, 2.45) is 0 Å². The molecule has 3 rings (SSSR count). The number of carbonyl (C=O) groups is 2. The van der Waals surface area contributed by atoms with Crippen LogP contribution in [0.2, 0.25) is 0 Å². The zero-order valence-electron chi connectivity index (χ0n) is 18.3. The van der Waals surface area contributed by atoms with E-state index in [1.807, 2.05) is 48.5 Å². The third-order valence-electron chi connectivity index (χ3n) is 5.25. The van der Waals surface area contributed by atoms with Crippen LogP contribution in [0.1, 0.15) is 30.5 Å². The van der Waals surface area contributed by atoms with E-state index in [1.165, 1.54) is 0 Å². The van der Waals surface area contributed by atoms with Crippen LogP contribution in [0.5, 0.6) is 0 Å². The second-order valence-electron chi connectivity index (χ2n) is 7.51. The normalized spacial score (nSPS) is 15.2. The van der Waals surface area contributed by atoms with Gasteiger partial charge in [0.1, 0.15) is 0 Å². The Bertz CT molecular complexity index is 888. The highest BCUT2D eigenvalue weighted by molar-refractivity contribution is 9.10. The van der Waals surface area contributed by atoms with Crippen LogP contribution in [0.3, 0.4) is 0 Å². The quantitative estimate of drug-likeness (QED) is 0.484. The molecule has 1 aliphatic heterocycles. The van der Waals surface area contributed by atoms with Crippen LogP contribution < -0.4 is 10.6 Å². The summed E-state index contributed by atoms with van der Waals surface area (Å²) >= 11 is 3.54. The summed E-state index contributed by atoms with van der Waals surface area (Å²) in [7, 11) is 0. The van der Waals surface area contributed by atoms with Crippen molar-refractivity contribution < 1.29 is 19.1 Å². The van der Waals surface area contributed by atoms with E-state index in [2.05, 4.69) is 31.5 Å². The van der Waals surface area contributed by atoms with E-state index in [9.17, 15) is 9.59 Å². The molecule has 0 aliphatic carbocycles. The predicted octanol–water partition coefficient (Wildman–Crippen LogP) is 3.35. The van der Waals surface area contributed by atoms with E-state index >= 15 is 0 Å². The third kappa shape index (κ3) is 7.41. The van der Waals surface area contributed by atoms with Gasteiger partial charge in [-0.2, -0.15) is 0 Å². The summed E-state index contributed by atoms with van der Waals surface area (Å²) in [6, 6.07) is 15.3. The van der Waals surface area contributed by atoms with Crippen molar-refractivity contribution in [3.63, 3.8) is 0 Å². The van der Waals surface area contributed by atoms with Gasteiger partial charge in [-0.25, -0.2) is 0 Å². The molecule has 2 N–H and O–H groups in total. The fourth-order valence-electron chi connectivity index (χ4n) is 3.63. The maximum Gasteiger partial charge on any atom is 0.319 e. The molecule has 0 spiro atoms. The van der Waals surface area contributed by atoms with Gasteiger partial charge in [-0.3, -0.25) is 19.8 Å². The van der Waals surface area contributed by atoms with E-state index in [4.69, 9.17) is 9.47 Å². The minimum Gasteiger partial charge on any atom is -0.465 e. The van der Waals surface area contributed by atoms with Crippen LogP contribution in [0.25, 0.3) is 0 Å². The highest BCUT2D eigenvalue weighted by Gasteiger charge is 2.21. The first-order valence-electron chi connectivity index (χ1n) is 10.9. The summed E-state index contributed by atoms with van der Waals surface area (Å²) in [5.41, 5.74) is 2.57. The molecule has 1 heterocycles. The number of anilines is 1. The summed E-state index contributed by atoms with van der Waals surface area (Å²) in [4.78, 5) is 27.0. The Labute approximate surface area is 197 Å². The molecular formula is C24H30BrN3O4.